The quantitative estimate of drug-likeness (QED) is 0.366. The molecule has 2 aromatic rings. The van der Waals surface area contributed by atoms with Gasteiger partial charge in [0.2, 0.25) is 5.79 Å². The van der Waals surface area contributed by atoms with Crippen molar-refractivity contribution in [2.24, 2.45) is 5.41 Å². The van der Waals surface area contributed by atoms with Crippen LogP contribution in [0.3, 0.4) is 0 Å². The minimum atomic E-state index is -1.60. The van der Waals surface area contributed by atoms with E-state index < -0.39 is 12.9 Å². The highest BCUT2D eigenvalue weighted by atomic mass is 16.6. The highest BCUT2D eigenvalue weighted by molar-refractivity contribution is 6.58. The van der Waals surface area contributed by atoms with Gasteiger partial charge in [0.25, 0.3) is 0 Å². The molecule has 32 heavy (non-hydrogen) atoms. The number of benzene rings is 2. The summed E-state index contributed by atoms with van der Waals surface area (Å²) in [4.78, 5) is 0. The average molecular weight is 442 g/mol. The van der Waals surface area contributed by atoms with Crippen molar-refractivity contribution in [1.29, 1.82) is 0 Å². The highest BCUT2D eigenvalue weighted by Crippen LogP contribution is 2.36. The molecule has 0 spiro atoms. The van der Waals surface area contributed by atoms with Crippen LogP contribution in [0.2, 0.25) is 0 Å². The first-order chi connectivity index (χ1) is 15.0. The van der Waals surface area contributed by atoms with Crippen molar-refractivity contribution in [2.45, 2.75) is 86.4 Å². The number of hydrogen-bond acceptors (Lipinski definition) is 4. The Hall–Kier alpha value is -1.66. The van der Waals surface area contributed by atoms with Gasteiger partial charge < -0.3 is 19.9 Å². The first kappa shape index (κ1) is 28.4. The Morgan fingerprint density at radius 1 is 1.00 bits per heavy atom. The van der Waals surface area contributed by atoms with Gasteiger partial charge in [-0.3, -0.25) is 0 Å². The molecule has 0 aliphatic rings. The number of rotatable bonds is 9. The Balaban J connectivity index is 0.00000249. The predicted octanol–water partition coefficient (Wildman–Crippen LogP) is 5.25. The Labute approximate surface area is 195 Å². The van der Waals surface area contributed by atoms with Gasteiger partial charge >= 0.3 is 7.12 Å². The average Bonchev–Trinajstić information content (AvgIpc) is 2.77. The molecule has 0 amide bonds. The molecule has 0 aliphatic carbocycles. The number of aliphatic hydroxyl groups is 1. The van der Waals surface area contributed by atoms with Crippen molar-refractivity contribution in [1.82, 2.24) is 0 Å². The molecule has 0 bridgehead atoms. The lowest BCUT2D eigenvalue weighted by Crippen LogP contribution is -2.34. The molecule has 0 radical (unpaired) electrons. The summed E-state index contributed by atoms with van der Waals surface area (Å²) in [5.74, 6) is -1.23. The maximum absolute atomic E-state index is 11.7. The summed E-state index contributed by atoms with van der Waals surface area (Å²) in [6, 6.07) is 12.8. The molecule has 4 nitrogen and oxygen atoms in total. The molecular formula is C27H43BO4. The lowest BCUT2D eigenvalue weighted by atomic mass is 9.79. The highest BCUT2D eigenvalue weighted by Gasteiger charge is 2.35. The predicted molar refractivity (Wildman–Crippen MR) is 135 cm³/mol. The molecule has 0 saturated carbocycles. The van der Waals surface area contributed by atoms with Crippen LogP contribution < -0.4 is 5.46 Å². The minimum Gasteiger partial charge on any atom is -0.423 e. The summed E-state index contributed by atoms with van der Waals surface area (Å²) in [6.07, 6.45) is 2.97. The van der Waals surface area contributed by atoms with Gasteiger partial charge in [0.1, 0.15) is 0 Å². The molecule has 2 rings (SSSR count). The maximum Gasteiger partial charge on any atom is 0.488 e. The van der Waals surface area contributed by atoms with Crippen molar-refractivity contribution < 1.29 is 19.9 Å². The van der Waals surface area contributed by atoms with Crippen LogP contribution >= 0.6 is 0 Å². The molecule has 2 aromatic carbocycles. The lowest BCUT2D eigenvalue weighted by molar-refractivity contribution is -0.180. The largest absolute Gasteiger partial charge is 0.488 e. The summed E-state index contributed by atoms with van der Waals surface area (Å²) in [7, 11) is -1.54. The molecule has 0 aliphatic heterocycles. The van der Waals surface area contributed by atoms with Crippen LogP contribution in [0.1, 0.15) is 95.9 Å². The second kappa shape index (κ2) is 12.5. The van der Waals surface area contributed by atoms with Crippen molar-refractivity contribution in [3.63, 3.8) is 0 Å². The van der Waals surface area contributed by atoms with E-state index in [-0.39, 0.29) is 5.41 Å². The molecule has 0 aromatic heterocycles. The van der Waals surface area contributed by atoms with Gasteiger partial charge in [-0.2, -0.15) is 0 Å². The van der Waals surface area contributed by atoms with E-state index in [0.29, 0.717) is 23.6 Å². The third kappa shape index (κ3) is 7.74. The van der Waals surface area contributed by atoms with E-state index in [9.17, 15) is 15.2 Å². The van der Waals surface area contributed by atoms with Crippen molar-refractivity contribution in [3.8, 4) is 0 Å². The van der Waals surface area contributed by atoms with Gasteiger partial charge in [-0.15, -0.1) is 0 Å². The van der Waals surface area contributed by atoms with E-state index in [4.69, 9.17) is 4.74 Å². The molecule has 2 atom stereocenters. The van der Waals surface area contributed by atoms with E-state index in [1.165, 1.54) is 5.56 Å². The van der Waals surface area contributed by atoms with Gasteiger partial charge in [-0.05, 0) is 60.2 Å². The monoisotopic (exact) mass is 442 g/mol. The Bertz CT molecular complexity index is 811. The van der Waals surface area contributed by atoms with E-state index >= 15 is 0 Å². The molecule has 5 heteroatoms. The first-order valence-electron chi connectivity index (χ1n) is 11.9. The van der Waals surface area contributed by atoms with E-state index in [2.05, 4.69) is 39.8 Å². The summed E-state index contributed by atoms with van der Waals surface area (Å²) in [6.45, 7) is 17.4. The van der Waals surface area contributed by atoms with E-state index in [0.717, 1.165) is 30.4 Å². The van der Waals surface area contributed by atoms with Crippen LogP contribution in [-0.4, -0.2) is 28.9 Å². The fourth-order valence-corrected chi connectivity index (χ4v) is 3.57. The summed E-state index contributed by atoms with van der Waals surface area (Å²) >= 11 is 0. The van der Waals surface area contributed by atoms with Crippen LogP contribution in [0.25, 0.3) is 0 Å². The minimum absolute atomic E-state index is 0.284. The SMILES string of the molecule is CC.CCCOC(O)(c1ccc(B(O)O)cc1)c1cc(C(C)CCC(C)(C)C)ccc1C. The van der Waals surface area contributed by atoms with Gasteiger partial charge in [0.05, 0.1) is 6.61 Å². The van der Waals surface area contributed by atoms with Crippen molar-refractivity contribution in [3.05, 3.63) is 64.7 Å². The molecule has 0 fully saturated rings. The zero-order chi connectivity index (χ0) is 24.5. The van der Waals surface area contributed by atoms with Crippen molar-refractivity contribution >= 4 is 12.6 Å². The fraction of sp³-hybridized carbons (Fsp3) is 0.556. The first-order valence-corrected chi connectivity index (χ1v) is 11.9. The van der Waals surface area contributed by atoms with E-state index in [1.54, 1.807) is 24.3 Å². The Kier molecular flexibility index (Phi) is 11.1. The molecule has 178 valence electrons. The molecule has 0 saturated heterocycles. The smallest absolute Gasteiger partial charge is 0.423 e. The summed E-state index contributed by atoms with van der Waals surface area (Å²) < 4.78 is 6.01. The van der Waals surface area contributed by atoms with Crippen LogP contribution in [0.5, 0.6) is 0 Å². The molecular weight excluding hydrogens is 399 g/mol. The maximum atomic E-state index is 11.7. The normalized spacial score (nSPS) is 14.2. The number of ether oxygens (including phenoxy) is 1. The lowest BCUT2D eigenvalue weighted by Gasteiger charge is -2.32. The molecule has 3 N–H and O–H groups in total. The Morgan fingerprint density at radius 2 is 1.59 bits per heavy atom. The number of aryl methyl sites for hydroxylation is 1. The van der Waals surface area contributed by atoms with E-state index in [1.807, 2.05) is 33.8 Å². The standard InChI is InChI=1S/C25H37BO4.C2H6/c1-7-16-30-25(27,21-10-12-22(13-11-21)26(28)29)23-17-20(9-8-19(23)3)18(2)14-15-24(4,5)6;1-2/h8-13,17-18,27-29H,7,14-16H2,1-6H3;1-2H3. The fourth-order valence-electron chi connectivity index (χ4n) is 3.57. The Morgan fingerprint density at radius 3 is 2.09 bits per heavy atom. The van der Waals surface area contributed by atoms with Gasteiger partial charge in [0.15, 0.2) is 0 Å². The zero-order valence-corrected chi connectivity index (χ0v) is 21.3. The van der Waals surface area contributed by atoms with Crippen LogP contribution in [0.4, 0.5) is 0 Å². The second-order valence-electron chi connectivity index (χ2n) is 9.56. The van der Waals surface area contributed by atoms with Crippen LogP contribution in [0, 0.1) is 12.3 Å². The number of hydrogen-bond donors (Lipinski definition) is 3. The molecule has 2 unspecified atom stereocenters. The molecule has 0 heterocycles. The van der Waals surface area contributed by atoms with Gasteiger partial charge in [-0.25, -0.2) is 0 Å². The summed E-state index contributed by atoms with van der Waals surface area (Å²) in [5, 5.41) is 30.5. The summed E-state index contributed by atoms with van der Waals surface area (Å²) in [5.41, 5.74) is 4.09. The second-order valence-corrected chi connectivity index (χ2v) is 9.56. The van der Waals surface area contributed by atoms with Crippen molar-refractivity contribution in [2.75, 3.05) is 6.61 Å². The topological polar surface area (TPSA) is 69.9 Å². The van der Waals surface area contributed by atoms with Gasteiger partial charge in [-0.1, -0.05) is 84.9 Å². The third-order valence-electron chi connectivity index (χ3n) is 5.64. The van der Waals surface area contributed by atoms with Crippen LogP contribution in [0.15, 0.2) is 42.5 Å². The zero-order valence-electron chi connectivity index (χ0n) is 21.3. The van der Waals surface area contributed by atoms with Gasteiger partial charge in [0, 0.05) is 11.1 Å². The van der Waals surface area contributed by atoms with Crippen LogP contribution in [-0.2, 0) is 10.5 Å². The third-order valence-corrected chi connectivity index (χ3v) is 5.64.